The SMILES string of the molecule is COc1cccc([C@@H](C[N+](=O)[O-])Nc2ccc(OC)cc2OC)c1. The summed E-state index contributed by atoms with van der Waals surface area (Å²) in [5.74, 6) is 1.83. The third-order valence-corrected chi connectivity index (χ3v) is 3.57. The maximum Gasteiger partial charge on any atom is 0.227 e. The van der Waals surface area contributed by atoms with Crippen LogP contribution in [0.25, 0.3) is 0 Å². The highest BCUT2D eigenvalue weighted by Gasteiger charge is 2.20. The van der Waals surface area contributed by atoms with Crippen LogP contribution in [-0.2, 0) is 0 Å². The Morgan fingerprint density at radius 3 is 2.38 bits per heavy atom. The van der Waals surface area contributed by atoms with Gasteiger partial charge in [-0.2, -0.15) is 0 Å². The number of hydrogen-bond donors (Lipinski definition) is 1. The highest BCUT2D eigenvalue weighted by molar-refractivity contribution is 5.60. The Labute approximate surface area is 140 Å². The van der Waals surface area contributed by atoms with Gasteiger partial charge in [-0.05, 0) is 29.8 Å². The van der Waals surface area contributed by atoms with Gasteiger partial charge in [0.1, 0.15) is 23.3 Å². The van der Waals surface area contributed by atoms with Crippen molar-refractivity contribution in [1.82, 2.24) is 0 Å². The smallest absolute Gasteiger partial charge is 0.227 e. The number of nitrogens with zero attached hydrogens (tertiary/aromatic N) is 1. The average molecular weight is 332 g/mol. The first-order valence-corrected chi connectivity index (χ1v) is 7.31. The summed E-state index contributed by atoms with van der Waals surface area (Å²) in [6, 6.07) is 11.9. The van der Waals surface area contributed by atoms with E-state index in [9.17, 15) is 10.1 Å². The van der Waals surface area contributed by atoms with Gasteiger partial charge in [0.15, 0.2) is 0 Å². The summed E-state index contributed by atoms with van der Waals surface area (Å²) in [7, 11) is 4.66. The maximum absolute atomic E-state index is 11.1. The molecular weight excluding hydrogens is 312 g/mol. The van der Waals surface area contributed by atoms with Crippen molar-refractivity contribution in [2.24, 2.45) is 0 Å². The van der Waals surface area contributed by atoms with E-state index in [-0.39, 0.29) is 11.5 Å². The molecule has 0 radical (unpaired) electrons. The molecule has 1 atom stereocenters. The molecule has 0 aliphatic heterocycles. The maximum atomic E-state index is 11.1. The number of hydrogen-bond acceptors (Lipinski definition) is 6. The molecule has 0 heterocycles. The fourth-order valence-electron chi connectivity index (χ4n) is 2.35. The Hall–Kier alpha value is -2.96. The molecule has 0 unspecified atom stereocenters. The predicted octanol–water partition coefficient (Wildman–Crippen LogP) is 3.14. The summed E-state index contributed by atoms with van der Waals surface area (Å²) in [6.07, 6.45) is 0. The zero-order valence-corrected chi connectivity index (χ0v) is 13.8. The minimum absolute atomic E-state index is 0.275. The molecule has 0 aromatic heterocycles. The third-order valence-electron chi connectivity index (χ3n) is 3.57. The molecule has 2 aromatic carbocycles. The lowest BCUT2D eigenvalue weighted by atomic mass is 10.1. The van der Waals surface area contributed by atoms with Gasteiger partial charge < -0.3 is 19.5 Å². The summed E-state index contributed by atoms with van der Waals surface area (Å²) >= 11 is 0. The number of benzene rings is 2. The lowest BCUT2D eigenvalue weighted by molar-refractivity contribution is -0.482. The number of methoxy groups -OCH3 is 3. The Bertz CT molecular complexity index is 705. The highest BCUT2D eigenvalue weighted by atomic mass is 16.6. The quantitative estimate of drug-likeness (QED) is 0.591. The Balaban J connectivity index is 2.33. The molecule has 7 heteroatoms. The summed E-state index contributed by atoms with van der Waals surface area (Å²) in [6.45, 7) is -0.275. The molecule has 0 fully saturated rings. The molecule has 1 N–H and O–H groups in total. The molecule has 0 aliphatic carbocycles. The Kier molecular flexibility index (Phi) is 5.83. The Morgan fingerprint density at radius 1 is 1.04 bits per heavy atom. The number of nitro groups is 1. The zero-order chi connectivity index (χ0) is 17.5. The van der Waals surface area contributed by atoms with Crippen molar-refractivity contribution >= 4 is 5.69 Å². The fourth-order valence-corrected chi connectivity index (χ4v) is 2.35. The first-order valence-electron chi connectivity index (χ1n) is 7.31. The van der Waals surface area contributed by atoms with Crippen molar-refractivity contribution in [2.75, 3.05) is 33.2 Å². The fraction of sp³-hybridized carbons (Fsp3) is 0.294. The number of ether oxygens (including phenoxy) is 3. The molecule has 0 saturated heterocycles. The number of anilines is 1. The lowest BCUT2D eigenvalue weighted by Gasteiger charge is -2.19. The average Bonchev–Trinajstić information content (AvgIpc) is 2.61. The van der Waals surface area contributed by atoms with Crippen LogP contribution in [0.3, 0.4) is 0 Å². The monoisotopic (exact) mass is 332 g/mol. The summed E-state index contributed by atoms with van der Waals surface area (Å²) < 4.78 is 15.7. The van der Waals surface area contributed by atoms with Crippen LogP contribution >= 0.6 is 0 Å². The van der Waals surface area contributed by atoms with Crippen LogP contribution in [0, 0.1) is 10.1 Å². The molecule has 24 heavy (non-hydrogen) atoms. The van der Waals surface area contributed by atoms with Gasteiger partial charge in [-0.1, -0.05) is 12.1 Å². The predicted molar refractivity (Wildman–Crippen MR) is 90.8 cm³/mol. The van der Waals surface area contributed by atoms with Crippen LogP contribution in [-0.4, -0.2) is 32.8 Å². The Morgan fingerprint density at radius 2 is 1.75 bits per heavy atom. The van der Waals surface area contributed by atoms with E-state index in [1.54, 1.807) is 50.6 Å². The van der Waals surface area contributed by atoms with E-state index in [0.29, 0.717) is 22.9 Å². The van der Waals surface area contributed by atoms with Crippen LogP contribution < -0.4 is 19.5 Å². The minimum atomic E-state index is -0.530. The van der Waals surface area contributed by atoms with Gasteiger partial charge in [-0.25, -0.2) is 0 Å². The first-order chi connectivity index (χ1) is 11.6. The van der Waals surface area contributed by atoms with E-state index < -0.39 is 6.04 Å². The van der Waals surface area contributed by atoms with Gasteiger partial charge in [0.25, 0.3) is 0 Å². The van der Waals surface area contributed by atoms with E-state index in [0.717, 1.165) is 5.56 Å². The molecule has 0 spiro atoms. The summed E-state index contributed by atoms with van der Waals surface area (Å²) in [5.41, 5.74) is 1.40. The van der Waals surface area contributed by atoms with Crippen LogP contribution in [0.1, 0.15) is 11.6 Å². The second kappa shape index (κ2) is 8.05. The largest absolute Gasteiger partial charge is 0.497 e. The van der Waals surface area contributed by atoms with Gasteiger partial charge in [-0.15, -0.1) is 0 Å². The number of nitrogens with one attached hydrogen (secondary N) is 1. The van der Waals surface area contributed by atoms with Crippen LogP contribution in [0.5, 0.6) is 17.2 Å². The molecule has 128 valence electrons. The van der Waals surface area contributed by atoms with Gasteiger partial charge in [0.2, 0.25) is 6.54 Å². The van der Waals surface area contributed by atoms with E-state index in [1.165, 1.54) is 7.11 Å². The molecule has 0 saturated carbocycles. The molecule has 0 bridgehead atoms. The molecule has 2 rings (SSSR count). The molecule has 2 aromatic rings. The second-order valence-electron chi connectivity index (χ2n) is 5.06. The van der Waals surface area contributed by atoms with Crippen LogP contribution in [0.4, 0.5) is 5.69 Å². The van der Waals surface area contributed by atoms with Gasteiger partial charge in [0.05, 0.1) is 27.0 Å². The second-order valence-corrected chi connectivity index (χ2v) is 5.06. The van der Waals surface area contributed by atoms with Crippen molar-refractivity contribution in [3.05, 3.63) is 58.1 Å². The topological polar surface area (TPSA) is 82.9 Å². The summed E-state index contributed by atoms with van der Waals surface area (Å²) in [5, 5.41) is 14.2. The van der Waals surface area contributed by atoms with Crippen LogP contribution in [0.2, 0.25) is 0 Å². The normalized spacial score (nSPS) is 11.5. The van der Waals surface area contributed by atoms with Gasteiger partial charge >= 0.3 is 0 Å². The van der Waals surface area contributed by atoms with Gasteiger partial charge in [-0.3, -0.25) is 10.1 Å². The first kappa shape index (κ1) is 17.4. The molecule has 0 amide bonds. The van der Waals surface area contributed by atoms with E-state index >= 15 is 0 Å². The van der Waals surface area contributed by atoms with Crippen molar-refractivity contribution in [2.45, 2.75) is 6.04 Å². The van der Waals surface area contributed by atoms with Crippen molar-refractivity contribution in [1.29, 1.82) is 0 Å². The van der Waals surface area contributed by atoms with E-state index in [2.05, 4.69) is 5.32 Å². The van der Waals surface area contributed by atoms with Crippen molar-refractivity contribution in [3.8, 4) is 17.2 Å². The molecular formula is C17H20N2O5. The standard InChI is InChI=1S/C17H20N2O5/c1-22-13-6-4-5-12(9-13)16(11-19(20)21)18-15-8-7-14(23-2)10-17(15)24-3/h4-10,16,18H,11H2,1-3H3/t16-/m1/s1. The third kappa shape index (κ3) is 4.28. The van der Waals surface area contributed by atoms with Crippen molar-refractivity contribution < 1.29 is 19.1 Å². The summed E-state index contributed by atoms with van der Waals surface area (Å²) in [4.78, 5) is 10.7. The lowest BCUT2D eigenvalue weighted by Crippen LogP contribution is -2.20. The molecule has 0 aliphatic rings. The zero-order valence-electron chi connectivity index (χ0n) is 13.8. The molecule has 7 nitrogen and oxygen atoms in total. The van der Waals surface area contributed by atoms with Crippen molar-refractivity contribution in [3.63, 3.8) is 0 Å². The number of rotatable bonds is 8. The van der Waals surface area contributed by atoms with Gasteiger partial charge in [0, 0.05) is 11.0 Å². The van der Waals surface area contributed by atoms with E-state index in [1.807, 2.05) is 6.07 Å². The highest BCUT2D eigenvalue weighted by Crippen LogP contribution is 2.32. The minimum Gasteiger partial charge on any atom is -0.497 e. The van der Waals surface area contributed by atoms with Crippen LogP contribution in [0.15, 0.2) is 42.5 Å². The van der Waals surface area contributed by atoms with E-state index in [4.69, 9.17) is 14.2 Å².